The third-order valence-electron chi connectivity index (χ3n) is 1.97. The maximum absolute atomic E-state index is 3.32. The van der Waals surface area contributed by atoms with Crippen LogP contribution < -0.4 is 0 Å². The van der Waals surface area contributed by atoms with Crippen LogP contribution in [0.3, 0.4) is 0 Å². The van der Waals surface area contributed by atoms with Crippen molar-refractivity contribution >= 4 is 0 Å². The zero-order valence-corrected chi connectivity index (χ0v) is 7.72. The van der Waals surface area contributed by atoms with E-state index < -0.39 is 0 Å². The first kappa shape index (κ1) is 8.62. The van der Waals surface area contributed by atoms with E-state index in [9.17, 15) is 0 Å². The molecular weight excluding hydrogens is 134 g/mol. The molecule has 1 aliphatic heterocycles. The molecule has 0 N–H and O–H groups in total. The van der Waals surface area contributed by atoms with Gasteiger partial charge in [0, 0.05) is 18.4 Å². The molecule has 0 aromatic rings. The highest BCUT2D eigenvalue weighted by atomic mass is 15.1. The van der Waals surface area contributed by atoms with Crippen LogP contribution in [0.25, 0.3) is 0 Å². The largest absolute Gasteiger partial charge is 0.305 e. The molecule has 62 valence electrons. The first-order chi connectivity index (χ1) is 5.18. The zero-order chi connectivity index (χ0) is 8.27. The fourth-order valence-electron chi connectivity index (χ4n) is 1.34. The average Bonchev–Trinajstić information content (AvgIpc) is 2.31. The predicted molar refractivity (Wildman–Crippen MR) is 48.2 cm³/mol. The maximum atomic E-state index is 3.32. The molecule has 1 heterocycles. The Labute approximate surface area is 69.8 Å². The van der Waals surface area contributed by atoms with Crippen LogP contribution in [-0.2, 0) is 0 Å². The molecule has 0 aromatic carbocycles. The van der Waals surface area contributed by atoms with Gasteiger partial charge in [0.1, 0.15) is 0 Å². The number of nitrogens with zero attached hydrogens (tertiary/aromatic N) is 1. The van der Waals surface area contributed by atoms with Crippen molar-refractivity contribution < 1.29 is 0 Å². The Balaban J connectivity index is 2.35. The van der Waals surface area contributed by atoms with Crippen LogP contribution in [0, 0.1) is 23.7 Å². The monoisotopic (exact) mass is 151 g/mol. The van der Waals surface area contributed by atoms with Gasteiger partial charge in [-0.25, -0.2) is 0 Å². The van der Waals surface area contributed by atoms with E-state index in [0.717, 1.165) is 0 Å². The molecule has 0 aliphatic carbocycles. The number of hydrogen-bond acceptors (Lipinski definition) is 1. The lowest BCUT2D eigenvalue weighted by molar-refractivity contribution is 0.409. The lowest BCUT2D eigenvalue weighted by Gasteiger charge is -2.03. The minimum atomic E-state index is 0.529. The molecule has 1 atom stereocenters. The summed E-state index contributed by atoms with van der Waals surface area (Å²) < 4.78 is 0. The summed E-state index contributed by atoms with van der Waals surface area (Å²) in [5.41, 5.74) is 0. The standard InChI is InChI=1S/C10H17N/c1-9(2)4-5-10-6-7-11(3)8-10/h9-10H,6-8H2,1-3H3. The van der Waals surface area contributed by atoms with E-state index in [4.69, 9.17) is 0 Å². The Morgan fingerprint density at radius 1 is 1.45 bits per heavy atom. The summed E-state index contributed by atoms with van der Waals surface area (Å²) in [6.45, 7) is 6.68. The van der Waals surface area contributed by atoms with Gasteiger partial charge in [-0.15, -0.1) is 5.92 Å². The van der Waals surface area contributed by atoms with Crippen molar-refractivity contribution in [3.8, 4) is 11.8 Å². The van der Waals surface area contributed by atoms with E-state index >= 15 is 0 Å². The van der Waals surface area contributed by atoms with Gasteiger partial charge >= 0.3 is 0 Å². The number of hydrogen-bond donors (Lipinski definition) is 0. The summed E-state index contributed by atoms with van der Waals surface area (Å²) >= 11 is 0. The second-order valence-electron chi connectivity index (χ2n) is 3.69. The molecule has 1 unspecified atom stereocenters. The normalized spacial score (nSPS) is 25.3. The van der Waals surface area contributed by atoms with Gasteiger partial charge in [-0.05, 0) is 20.0 Å². The third kappa shape index (κ3) is 2.95. The van der Waals surface area contributed by atoms with E-state index in [1.165, 1.54) is 19.5 Å². The molecule has 1 fully saturated rings. The van der Waals surface area contributed by atoms with Crippen LogP contribution >= 0.6 is 0 Å². The van der Waals surface area contributed by atoms with Crippen molar-refractivity contribution in [2.45, 2.75) is 20.3 Å². The second-order valence-corrected chi connectivity index (χ2v) is 3.69. The third-order valence-corrected chi connectivity index (χ3v) is 1.97. The van der Waals surface area contributed by atoms with E-state index in [0.29, 0.717) is 11.8 Å². The minimum absolute atomic E-state index is 0.529. The molecule has 0 bridgehead atoms. The Hall–Kier alpha value is -0.480. The SMILES string of the molecule is CC(C)C#CC1CCN(C)C1. The quantitative estimate of drug-likeness (QED) is 0.475. The molecule has 11 heavy (non-hydrogen) atoms. The van der Waals surface area contributed by atoms with Crippen LogP contribution in [0.2, 0.25) is 0 Å². The summed E-state index contributed by atoms with van der Waals surface area (Å²) in [4.78, 5) is 2.35. The van der Waals surface area contributed by atoms with Crippen LogP contribution in [-0.4, -0.2) is 25.0 Å². The van der Waals surface area contributed by atoms with Gasteiger partial charge in [0.25, 0.3) is 0 Å². The van der Waals surface area contributed by atoms with Crippen LogP contribution in [0.5, 0.6) is 0 Å². The summed E-state index contributed by atoms with van der Waals surface area (Å²) in [7, 11) is 2.16. The number of rotatable bonds is 0. The van der Waals surface area contributed by atoms with Gasteiger partial charge in [0.05, 0.1) is 0 Å². The molecule has 1 rings (SSSR count). The average molecular weight is 151 g/mol. The van der Waals surface area contributed by atoms with Crippen molar-refractivity contribution in [1.29, 1.82) is 0 Å². The topological polar surface area (TPSA) is 3.24 Å². The van der Waals surface area contributed by atoms with Gasteiger partial charge in [0.15, 0.2) is 0 Å². The van der Waals surface area contributed by atoms with Gasteiger partial charge in [-0.1, -0.05) is 19.8 Å². The van der Waals surface area contributed by atoms with E-state index in [2.05, 4.69) is 37.6 Å². The highest BCUT2D eigenvalue weighted by molar-refractivity contribution is 5.07. The summed E-state index contributed by atoms with van der Waals surface area (Å²) in [6, 6.07) is 0. The van der Waals surface area contributed by atoms with Crippen molar-refractivity contribution in [3.05, 3.63) is 0 Å². The lowest BCUT2D eigenvalue weighted by atomic mass is 10.1. The fraction of sp³-hybridized carbons (Fsp3) is 0.800. The van der Waals surface area contributed by atoms with Crippen molar-refractivity contribution in [2.24, 2.45) is 11.8 Å². The minimum Gasteiger partial charge on any atom is -0.305 e. The highest BCUT2D eigenvalue weighted by Gasteiger charge is 2.16. The van der Waals surface area contributed by atoms with Crippen LogP contribution in [0.4, 0.5) is 0 Å². The Morgan fingerprint density at radius 2 is 2.18 bits per heavy atom. The molecule has 0 aromatic heterocycles. The van der Waals surface area contributed by atoms with Crippen molar-refractivity contribution in [1.82, 2.24) is 4.90 Å². The maximum Gasteiger partial charge on any atom is 0.0342 e. The Bertz CT molecular complexity index is 173. The highest BCUT2D eigenvalue weighted by Crippen LogP contribution is 2.12. The van der Waals surface area contributed by atoms with Crippen molar-refractivity contribution in [3.63, 3.8) is 0 Å². The molecule has 1 heteroatoms. The van der Waals surface area contributed by atoms with E-state index in [-0.39, 0.29) is 0 Å². The molecule has 1 saturated heterocycles. The van der Waals surface area contributed by atoms with E-state index in [1.54, 1.807) is 0 Å². The predicted octanol–water partition coefficient (Wildman–Crippen LogP) is 1.60. The van der Waals surface area contributed by atoms with E-state index in [1.807, 2.05) is 0 Å². The molecule has 0 spiro atoms. The van der Waals surface area contributed by atoms with Gasteiger partial charge in [-0.2, -0.15) is 0 Å². The summed E-state index contributed by atoms with van der Waals surface area (Å²) in [5.74, 6) is 7.72. The molecule has 1 aliphatic rings. The molecule has 1 nitrogen and oxygen atoms in total. The van der Waals surface area contributed by atoms with Crippen LogP contribution in [0.1, 0.15) is 20.3 Å². The van der Waals surface area contributed by atoms with Gasteiger partial charge in [-0.3, -0.25) is 0 Å². The second kappa shape index (κ2) is 3.78. The van der Waals surface area contributed by atoms with Gasteiger partial charge in [0.2, 0.25) is 0 Å². The summed E-state index contributed by atoms with van der Waals surface area (Å²) in [5, 5.41) is 0. The molecule has 0 amide bonds. The van der Waals surface area contributed by atoms with Crippen molar-refractivity contribution in [2.75, 3.05) is 20.1 Å². The fourth-order valence-corrected chi connectivity index (χ4v) is 1.34. The first-order valence-electron chi connectivity index (χ1n) is 4.38. The summed E-state index contributed by atoms with van der Waals surface area (Å²) in [6.07, 6.45) is 1.26. The first-order valence-corrected chi connectivity index (χ1v) is 4.38. The Morgan fingerprint density at radius 3 is 2.64 bits per heavy atom. The Kier molecular flexibility index (Phi) is 2.96. The number of likely N-dealkylation sites (tertiary alicyclic amines) is 1. The molecular formula is C10H17N. The smallest absolute Gasteiger partial charge is 0.0342 e. The lowest BCUT2D eigenvalue weighted by Crippen LogP contribution is -2.13. The van der Waals surface area contributed by atoms with Crippen LogP contribution in [0.15, 0.2) is 0 Å². The van der Waals surface area contributed by atoms with Gasteiger partial charge < -0.3 is 4.90 Å². The molecule has 0 saturated carbocycles. The molecule has 0 radical (unpaired) electrons. The zero-order valence-electron chi connectivity index (χ0n) is 7.72.